The van der Waals surface area contributed by atoms with Gasteiger partial charge >= 0.3 is 0 Å². The summed E-state index contributed by atoms with van der Waals surface area (Å²) in [5.74, 6) is -0.909. The third-order valence-corrected chi connectivity index (χ3v) is 5.02. The van der Waals surface area contributed by atoms with Crippen molar-refractivity contribution in [2.45, 2.75) is 25.0 Å². The first-order valence-electron chi connectivity index (χ1n) is 8.26. The van der Waals surface area contributed by atoms with Gasteiger partial charge in [-0.05, 0) is 44.2 Å². The minimum Gasteiger partial charge on any atom is -0.323 e. The van der Waals surface area contributed by atoms with E-state index < -0.39 is 5.82 Å². The third-order valence-electron chi connectivity index (χ3n) is 3.83. The highest BCUT2D eigenvalue weighted by Crippen LogP contribution is 2.23. The van der Waals surface area contributed by atoms with Crippen LogP contribution in [0.15, 0.2) is 52.4 Å². The molecule has 0 fully saturated rings. The van der Waals surface area contributed by atoms with Gasteiger partial charge in [-0.15, -0.1) is 0 Å². The van der Waals surface area contributed by atoms with Crippen molar-refractivity contribution in [3.63, 3.8) is 0 Å². The molecule has 0 spiro atoms. The number of carbonyl (C=O) groups excluding carboxylic acids is 1. The van der Waals surface area contributed by atoms with E-state index in [0.717, 1.165) is 11.8 Å². The van der Waals surface area contributed by atoms with Gasteiger partial charge in [0.25, 0.3) is 5.56 Å². The Morgan fingerprint density at radius 3 is 2.74 bits per heavy atom. The first kappa shape index (κ1) is 19.4. The summed E-state index contributed by atoms with van der Waals surface area (Å²) < 4.78 is 15.2. The van der Waals surface area contributed by atoms with Gasteiger partial charge in [0.2, 0.25) is 5.91 Å². The lowest BCUT2D eigenvalue weighted by Gasteiger charge is -2.16. The van der Waals surface area contributed by atoms with Crippen LogP contribution in [0.4, 0.5) is 10.1 Å². The van der Waals surface area contributed by atoms with Crippen LogP contribution < -0.4 is 10.9 Å². The maximum Gasteiger partial charge on any atom is 0.262 e. The molecule has 0 aliphatic carbocycles. The van der Waals surface area contributed by atoms with E-state index in [4.69, 9.17) is 11.6 Å². The number of benzene rings is 2. The van der Waals surface area contributed by atoms with Crippen LogP contribution in [0.1, 0.15) is 19.9 Å². The molecule has 0 saturated heterocycles. The highest BCUT2D eigenvalue weighted by molar-refractivity contribution is 7.99. The smallest absolute Gasteiger partial charge is 0.262 e. The summed E-state index contributed by atoms with van der Waals surface area (Å²) >= 11 is 7.12. The summed E-state index contributed by atoms with van der Waals surface area (Å²) in [7, 11) is 0. The summed E-state index contributed by atoms with van der Waals surface area (Å²) in [6.07, 6.45) is 0. The van der Waals surface area contributed by atoms with Gasteiger partial charge in [-0.3, -0.25) is 14.2 Å². The number of carbonyl (C=O) groups is 1. The first-order valence-corrected chi connectivity index (χ1v) is 9.62. The third kappa shape index (κ3) is 4.31. The molecule has 1 heterocycles. The number of hydrogen-bond acceptors (Lipinski definition) is 4. The van der Waals surface area contributed by atoms with Crippen molar-refractivity contribution < 1.29 is 9.18 Å². The zero-order valence-electron chi connectivity index (χ0n) is 14.7. The number of anilines is 1. The maximum absolute atomic E-state index is 13.7. The Hall–Kier alpha value is -2.38. The highest BCUT2D eigenvalue weighted by Gasteiger charge is 2.16. The lowest BCUT2D eigenvalue weighted by atomic mass is 10.2. The molecule has 0 aliphatic rings. The molecule has 2 aromatic carbocycles. The van der Waals surface area contributed by atoms with E-state index in [1.54, 1.807) is 30.3 Å². The molecule has 1 aromatic heterocycles. The summed E-state index contributed by atoms with van der Waals surface area (Å²) in [5, 5.41) is 3.87. The second-order valence-electron chi connectivity index (χ2n) is 6.14. The highest BCUT2D eigenvalue weighted by atomic mass is 35.5. The van der Waals surface area contributed by atoms with Crippen LogP contribution in [0.5, 0.6) is 0 Å². The monoisotopic (exact) mass is 405 g/mol. The van der Waals surface area contributed by atoms with Gasteiger partial charge in [-0.25, -0.2) is 9.37 Å². The molecule has 0 unspecified atom stereocenters. The Kier molecular flexibility index (Phi) is 5.82. The van der Waals surface area contributed by atoms with Gasteiger partial charge in [0.05, 0.1) is 22.3 Å². The van der Waals surface area contributed by atoms with Gasteiger partial charge in [0.1, 0.15) is 5.82 Å². The van der Waals surface area contributed by atoms with Gasteiger partial charge in [-0.1, -0.05) is 35.5 Å². The van der Waals surface area contributed by atoms with E-state index in [-0.39, 0.29) is 28.9 Å². The van der Waals surface area contributed by atoms with Crippen LogP contribution in [-0.4, -0.2) is 21.2 Å². The Morgan fingerprint density at radius 1 is 1.30 bits per heavy atom. The second kappa shape index (κ2) is 8.10. The molecular formula is C19H17ClFN3O2S. The standard InChI is InChI=1S/C19H17ClFN3O2S/c1-11(2)24-18(26)13-8-7-12(20)9-16(13)23-19(24)27-10-17(25)22-15-6-4-3-5-14(15)21/h3-9,11H,10H2,1-2H3,(H,22,25). The van der Waals surface area contributed by atoms with Crippen LogP contribution in [0, 0.1) is 5.82 Å². The van der Waals surface area contributed by atoms with E-state index in [1.807, 2.05) is 13.8 Å². The number of fused-ring (bicyclic) bond motifs is 1. The number of aromatic nitrogens is 2. The Labute approximate surface area is 164 Å². The topological polar surface area (TPSA) is 64.0 Å². The zero-order chi connectivity index (χ0) is 19.6. The first-order chi connectivity index (χ1) is 12.9. The predicted octanol–water partition coefficient (Wildman–Crippen LogP) is 4.50. The minimum atomic E-state index is -0.506. The normalized spacial score (nSPS) is 11.1. The van der Waals surface area contributed by atoms with Crippen LogP contribution in [0.25, 0.3) is 10.9 Å². The molecule has 3 aromatic rings. The largest absolute Gasteiger partial charge is 0.323 e. The molecule has 0 atom stereocenters. The van der Waals surface area contributed by atoms with Gasteiger partial charge in [-0.2, -0.15) is 0 Å². The van der Waals surface area contributed by atoms with Crippen LogP contribution in [-0.2, 0) is 4.79 Å². The Morgan fingerprint density at radius 2 is 2.04 bits per heavy atom. The lowest BCUT2D eigenvalue weighted by Crippen LogP contribution is -2.25. The zero-order valence-corrected chi connectivity index (χ0v) is 16.3. The SMILES string of the molecule is CC(C)n1c(SCC(=O)Nc2ccccc2F)nc2cc(Cl)ccc2c1=O. The van der Waals surface area contributed by atoms with Crippen molar-refractivity contribution in [3.8, 4) is 0 Å². The van der Waals surface area contributed by atoms with E-state index in [2.05, 4.69) is 10.3 Å². The average Bonchev–Trinajstić information content (AvgIpc) is 2.61. The second-order valence-corrected chi connectivity index (χ2v) is 7.52. The van der Waals surface area contributed by atoms with E-state index in [0.29, 0.717) is 21.1 Å². The van der Waals surface area contributed by atoms with Crippen molar-refractivity contribution in [3.05, 3.63) is 63.7 Å². The van der Waals surface area contributed by atoms with Crippen LogP contribution >= 0.6 is 23.4 Å². The average molecular weight is 406 g/mol. The van der Waals surface area contributed by atoms with Crippen molar-refractivity contribution in [2.75, 3.05) is 11.1 Å². The summed E-state index contributed by atoms with van der Waals surface area (Å²) in [4.78, 5) is 29.5. The number of nitrogens with one attached hydrogen (secondary N) is 1. The van der Waals surface area contributed by atoms with Crippen molar-refractivity contribution in [1.29, 1.82) is 0 Å². The molecule has 8 heteroatoms. The molecule has 0 saturated carbocycles. The summed E-state index contributed by atoms with van der Waals surface area (Å²) in [6.45, 7) is 3.74. The predicted molar refractivity (Wildman–Crippen MR) is 107 cm³/mol. The van der Waals surface area contributed by atoms with Gasteiger partial charge in [0.15, 0.2) is 5.16 Å². The molecule has 0 radical (unpaired) electrons. The quantitative estimate of drug-likeness (QED) is 0.501. The van der Waals surface area contributed by atoms with Crippen molar-refractivity contribution >= 4 is 45.9 Å². The molecule has 27 heavy (non-hydrogen) atoms. The number of nitrogens with zero attached hydrogens (tertiary/aromatic N) is 2. The fourth-order valence-electron chi connectivity index (χ4n) is 2.59. The minimum absolute atomic E-state index is 0.0143. The number of para-hydroxylation sites is 1. The fourth-order valence-corrected chi connectivity index (χ4v) is 3.68. The molecule has 5 nitrogen and oxygen atoms in total. The van der Waals surface area contributed by atoms with E-state index >= 15 is 0 Å². The molecule has 140 valence electrons. The summed E-state index contributed by atoms with van der Waals surface area (Å²) in [5.41, 5.74) is 0.396. The molecular weight excluding hydrogens is 389 g/mol. The molecule has 1 amide bonds. The number of thioether (sulfide) groups is 1. The lowest BCUT2D eigenvalue weighted by molar-refractivity contribution is -0.113. The van der Waals surface area contributed by atoms with Crippen molar-refractivity contribution in [2.24, 2.45) is 0 Å². The van der Waals surface area contributed by atoms with Crippen molar-refractivity contribution in [1.82, 2.24) is 9.55 Å². The number of halogens is 2. The van der Waals surface area contributed by atoms with Gasteiger partial charge < -0.3 is 5.32 Å². The maximum atomic E-state index is 13.7. The van der Waals surface area contributed by atoms with Crippen LogP contribution in [0.3, 0.4) is 0 Å². The number of hydrogen-bond donors (Lipinski definition) is 1. The molecule has 3 rings (SSSR count). The molecule has 1 N–H and O–H groups in total. The number of amides is 1. The van der Waals surface area contributed by atoms with E-state index in [1.165, 1.54) is 16.7 Å². The van der Waals surface area contributed by atoms with E-state index in [9.17, 15) is 14.0 Å². The fraction of sp³-hybridized carbons (Fsp3) is 0.211. The Balaban J connectivity index is 1.87. The molecule has 0 aliphatic heterocycles. The number of rotatable bonds is 5. The Bertz CT molecular complexity index is 1070. The van der Waals surface area contributed by atoms with Crippen LogP contribution in [0.2, 0.25) is 5.02 Å². The summed E-state index contributed by atoms with van der Waals surface area (Å²) in [6, 6.07) is 10.7. The molecule has 0 bridgehead atoms. The van der Waals surface area contributed by atoms with Gasteiger partial charge in [0, 0.05) is 11.1 Å².